The zero-order chi connectivity index (χ0) is 17.1. The summed E-state index contributed by atoms with van der Waals surface area (Å²) < 4.78 is 28.3. The number of benzene rings is 1. The summed E-state index contributed by atoms with van der Waals surface area (Å²) in [6, 6.07) is 2.71. The summed E-state index contributed by atoms with van der Waals surface area (Å²) in [5.41, 5.74) is 1.18. The van der Waals surface area contributed by atoms with Crippen molar-refractivity contribution >= 4 is 11.6 Å². The molecule has 1 fully saturated rings. The summed E-state index contributed by atoms with van der Waals surface area (Å²) in [5.74, 6) is -1.65. The number of hydrogen-bond acceptors (Lipinski definition) is 3. The molecule has 0 aliphatic carbocycles. The average molecular weight is 334 g/mol. The molecule has 5 nitrogen and oxygen atoms in total. The maximum atomic E-state index is 13.3. The number of aromatic nitrogens is 2. The van der Waals surface area contributed by atoms with Crippen LogP contribution in [0, 0.1) is 11.6 Å². The summed E-state index contributed by atoms with van der Waals surface area (Å²) in [6.07, 6.45) is 6.42. The molecule has 3 rings (SSSR count). The van der Waals surface area contributed by atoms with Crippen LogP contribution in [0.4, 0.5) is 14.5 Å². The van der Waals surface area contributed by atoms with Gasteiger partial charge in [0.15, 0.2) is 0 Å². The van der Waals surface area contributed by atoms with Crippen LogP contribution in [-0.2, 0) is 18.4 Å². The van der Waals surface area contributed by atoms with Crippen LogP contribution in [0.2, 0.25) is 0 Å². The molecule has 1 aromatic carbocycles. The molecule has 1 amide bonds. The molecule has 7 heteroatoms. The van der Waals surface area contributed by atoms with Gasteiger partial charge in [-0.15, -0.1) is 0 Å². The Bertz CT molecular complexity index is 711. The summed E-state index contributed by atoms with van der Waals surface area (Å²) >= 11 is 0. The highest BCUT2D eigenvalue weighted by atomic mass is 19.1. The number of carbonyl (C=O) groups is 1. The van der Waals surface area contributed by atoms with E-state index in [1.54, 1.807) is 10.9 Å². The van der Waals surface area contributed by atoms with Crippen molar-refractivity contribution < 1.29 is 13.6 Å². The fourth-order valence-electron chi connectivity index (χ4n) is 3.12. The molecule has 128 valence electrons. The number of nitrogens with one attached hydrogen (secondary N) is 1. The molecule has 0 radical (unpaired) electrons. The van der Waals surface area contributed by atoms with Crippen LogP contribution >= 0.6 is 0 Å². The fraction of sp³-hybridized carbons (Fsp3) is 0.412. The molecule has 0 saturated carbocycles. The van der Waals surface area contributed by atoms with E-state index < -0.39 is 11.6 Å². The number of piperidine rings is 1. The van der Waals surface area contributed by atoms with E-state index in [2.05, 4.69) is 15.3 Å². The van der Waals surface area contributed by atoms with Gasteiger partial charge in [0.1, 0.15) is 11.6 Å². The van der Waals surface area contributed by atoms with Crippen molar-refractivity contribution in [3.05, 3.63) is 47.8 Å². The maximum absolute atomic E-state index is 13.3. The lowest BCUT2D eigenvalue weighted by atomic mass is 10.0. The lowest BCUT2D eigenvalue weighted by Gasteiger charge is -2.34. The minimum absolute atomic E-state index is 0.143. The maximum Gasteiger partial charge on any atom is 0.241 e. The minimum atomic E-state index is -0.707. The van der Waals surface area contributed by atoms with E-state index >= 15 is 0 Å². The summed E-state index contributed by atoms with van der Waals surface area (Å²) in [7, 11) is 1.85. The number of likely N-dealkylation sites (tertiary alicyclic amines) is 1. The first-order valence-corrected chi connectivity index (χ1v) is 8.00. The Kier molecular flexibility index (Phi) is 4.89. The zero-order valence-electron chi connectivity index (χ0n) is 13.5. The van der Waals surface area contributed by atoms with Gasteiger partial charge in [-0.1, -0.05) is 6.42 Å². The predicted molar refractivity (Wildman–Crippen MR) is 86.2 cm³/mol. The molecule has 1 unspecified atom stereocenters. The normalized spacial score (nSPS) is 18.5. The van der Waals surface area contributed by atoms with E-state index in [4.69, 9.17) is 0 Å². The molecule has 1 aliphatic heterocycles. The number of amides is 1. The average Bonchev–Trinajstić information content (AvgIpc) is 2.92. The third kappa shape index (κ3) is 3.97. The van der Waals surface area contributed by atoms with Crippen molar-refractivity contribution in [3.8, 4) is 0 Å². The SMILES string of the molecule is Cn1cc(CN2CCCCC2C(=O)Nc2cc(F)cc(F)c2)cn1. The molecule has 1 N–H and O–H groups in total. The number of hydrogen-bond donors (Lipinski definition) is 1. The van der Waals surface area contributed by atoms with Gasteiger partial charge >= 0.3 is 0 Å². The van der Waals surface area contributed by atoms with Gasteiger partial charge < -0.3 is 5.32 Å². The van der Waals surface area contributed by atoms with Crippen LogP contribution in [0.25, 0.3) is 0 Å². The molecule has 2 aromatic rings. The molecular formula is C17H20F2N4O. The standard InChI is InChI=1S/C17H20F2N4O/c1-22-10-12(9-20-22)11-23-5-3-2-4-16(23)17(24)21-15-7-13(18)6-14(19)8-15/h6-10,16H,2-5,11H2,1H3,(H,21,24). The summed E-state index contributed by atoms with van der Waals surface area (Å²) in [5, 5.41) is 6.78. The Morgan fingerprint density at radius 2 is 2.04 bits per heavy atom. The Morgan fingerprint density at radius 3 is 2.71 bits per heavy atom. The van der Waals surface area contributed by atoms with Crippen LogP contribution in [0.1, 0.15) is 24.8 Å². The van der Waals surface area contributed by atoms with Crippen molar-refractivity contribution in [2.24, 2.45) is 7.05 Å². The number of aryl methyl sites for hydroxylation is 1. The van der Waals surface area contributed by atoms with Crippen molar-refractivity contribution in [2.75, 3.05) is 11.9 Å². The van der Waals surface area contributed by atoms with E-state index in [9.17, 15) is 13.6 Å². The lowest BCUT2D eigenvalue weighted by Crippen LogP contribution is -2.46. The summed E-state index contributed by atoms with van der Waals surface area (Å²) in [4.78, 5) is 14.7. The number of halogens is 2. The van der Waals surface area contributed by atoms with Crippen molar-refractivity contribution in [3.63, 3.8) is 0 Å². The first kappa shape index (κ1) is 16.6. The van der Waals surface area contributed by atoms with Gasteiger partial charge in [0, 0.05) is 37.1 Å². The van der Waals surface area contributed by atoms with E-state index in [1.165, 1.54) is 0 Å². The van der Waals surface area contributed by atoms with Crippen LogP contribution in [0.15, 0.2) is 30.6 Å². The molecule has 24 heavy (non-hydrogen) atoms. The highest BCUT2D eigenvalue weighted by Crippen LogP contribution is 2.22. The zero-order valence-corrected chi connectivity index (χ0v) is 13.5. The predicted octanol–water partition coefficient (Wildman–Crippen LogP) is 2.69. The molecule has 1 saturated heterocycles. The lowest BCUT2D eigenvalue weighted by molar-refractivity contribution is -0.122. The van der Waals surface area contributed by atoms with Gasteiger partial charge in [0.25, 0.3) is 0 Å². The second-order valence-electron chi connectivity index (χ2n) is 6.15. The largest absolute Gasteiger partial charge is 0.325 e. The first-order chi connectivity index (χ1) is 11.5. The van der Waals surface area contributed by atoms with Crippen molar-refractivity contribution in [2.45, 2.75) is 31.8 Å². The molecule has 1 aliphatic rings. The number of carbonyl (C=O) groups excluding carboxylic acids is 1. The van der Waals surface area contributed by atoms with E-state index in [-0.39, 0.29) is 17.6 Å². The number of rotatable bonds is 4. The molecule has 1 atom stereocenters. The Labute approximate surface area is 139 Å². The number of nitrogens with zero attached hydrogens (tertiary/aromatic N) is 3. The second-order valence-corrected chi connectivity index (χ2v) is 6.15. The monoisotopic (exact) mass is 334 g/mol. The van der Waals surface area contributed by atoms with Gasteiger partial charge in [-0.3, -0.25) is 14.4 Å². The van der Waals surface area contributed by atoms with Crippen LogP contribution in [0.3, 0.4) is 0 Å². The highest BCUT2D eigenvalue weighted by Gasteiger charge is 2.29. The van der Waals surface area contributed by atoms with Gasteiger partial charge in [-0.2, -0.15) is 5.10 Å². The van der Waals surface area contributed by atoms with Gasteiger partial charge in [-0.05, 0) is 31.5 Å². The minimum Gasteiger partial charge on any atom is -0.325 e. The molecule has 0 spiro atoms. The fourth-order valence-corrected chi connectivity index (χ4v) is 3.12. The van der Waals surface area contributed by atoms with Crippen LogP contribution < -0.4 is 5.32 Å². The third-order valence-corrected chi connectivity index (χ3v) is 4.19. The van der Waals surface area contributed by atoms with E-state index in [0.717, 1.165) is 49.6 Å². The Hall–Kier alpha value is -2.28. The van der Waals surface area contributed by atoms with Crippen LogP contribution in [-0.4, -0.2) is 33.2 Å². The quantitative estimate of drug-likeness (QED) is 0.935. The topological polar surface area (TPSA) is 50.2 Å². The van der Waals surface area contributed by atoms with Gasteiger partial charge in [0.2, 0.25) is 5.91 Å². The van der Waals surface area contributed by atoms with Crippen LogP contribution in [0.5, 0.6) is 0 Å². The van der Waals surface area contributed by atoms with Gasteiger partial charge in [-0.25, -0.2) is 8.78 Å². The van der Waals surface area contributed by atoms with E-state index in [1.807, 2.05) is 13.2 Å². The Balaban J connectivity index is 1.70. The number of anilines is 1. The molecule has 2 heterocycles. The van der Waals surface area contributed by atoms with Crippen molar-refractivity contribution in [1.29, 1.82) is 0 Å². The molecule has 0 bridgehead atoms. The van der Waals surface area contributed by atoms with E-state index in [0.29, 0.717) is 6.54 Å². The van der Waals surface area contributed by atoms with Crippen molar-refractivity contribution in [1.82, 2.24) is 14.7 Å². The smallest absolute Gasteiger partial charge is 0.241 e. The Morgan fingerprint density at radius 1 is 1.29 bits per heavy atom. The second kappa shape index (κ2) is 7.09. The first-order valence-electron chi connectivity index (χ1n) is 8.00. The molecule has 1 aromatic heterocycles. The third-order valence-electron chi connectivity index (χ3n) is 4.19. The highest BCUT2D eigenvalue weighted by molar-refractivity contribution is 5.94. The molecular weight excluding hydrogens is 314 g/mol. The summed E-state index contributed by atoms with van der Waals surface area (Å²) in [6.45, 7) is 1.44. The van der Waals surface area contributed by atoms with Gasteiger partial charge in [0.05, 0.1) is 12.2 Å².